The molecule has 6 nitrogen and oxygen atoms in total. The fourth-order valence-corrected chi connectivity index (χ4v) is 3.20. The number of carbonyl (C=O) groups excluding carboxylic acids is 1. The Hall–Kier alpha value is -2.96. The monoisotopic (exact) mass is 428 g/mol. The van der Waals surface area contributed by atoms with Crippen molar-refractivity contribution in [3.05, 3.63) is 82.8 Å². The summed E-state index contributed by atoms with van der Waals surface area (Å²) in [6.45, 7) is 0.710. The van der Waals surface area contributed by atoms with Crippen molar-refractivity contribution >= 4 is 17.5 Å². The standard InChI is InChI=1S/C23H25ClN2O4/c1-26(2)19(20-9-6-12-29-20)14-25-23(27)16-10-11-21(22(13-16)28-3)30-15-17-7-4-5-8-18(17)24/h4-13,19H,14-15H2,1-3H3,(H,25,27). The van der Waals surface area contributed by atoms with Crippen molar-refractivity contribution in [3.63, 3.8) is 0 Å². The first-order valence-electron chi connectivity index (χ1n) is 9.52. The second-order valence-corrected chi connectivity index (χ2v) is 7.36. The molecule has 3 rings (SSSR count). The van der Waals surface area contributed by atoms with Gasteiger partial charge in [0.25, 0.3) is 5.91 Å². The Labute approximate surface area is 181 Å². The molecule has 158 valence electrons. The number of nitrogens with one attached hydrogen (secondary N) is 1. The molecule has 1 heterocycles. The third-order valence-corrected chi connectivity index (χ3v) is 5.09. The highest BCUT2D eigenvalue weighted by Crippen LogP contribution is 2.29. The lowest BCUT2D eigenvalue weighted by Crippen LogP contribution is -2.34. The number of amides is 1. The van der Waals surface area contributed by atoms with Crippen LogP contribution in [0.15, 0.2) is 65.3 Å². The number of hydrogen-bond donors (Lipinski definition) is 1. The highest BCUT2D eigenvalue weighted by Gasteiger charge is 2.19. The van der Waals surface area contributed by atoms with Crippen molar-refractivity contribution in [3.8, 4) is 11.5 Å². The van der Waals surface area contributed by atoms with Crippen LogP contribution in [0, 0.1) is 0 Å². The SMILES string of the molecule is COc1cc(C(=O)NCC(c2ccco2)N(C)C)ccc1OCc1ccccc1Cl. The first-order chi connectivity index (χ1) is 14.5. The summed E-state index contributed by atoms with van der Waals surface area (Å²) in [6.07, 6.45) is 1.62. The van der Waals surface area contributed by atoms with E-state index in [0.29, 0.717) is 35.2 Å². The summed E-state index contributed by atoms with van der Waals surface area (Å²) in [7, 11) is 5.42. The summed E-state index contributed by atoms with van der Waals surface area (Å²) < 4.78 is 16.7. The molecule has 0 aliphatic carbocycles. The zero-order valence-corrected chi connectivity index (χ0v) is 18.0. The van der Waals surface area contributed by atoms with Gasteiger partial charge < -0.3 is 19.2 Å². The van der Waals surface area contributed by atoms with E-state index in [0.717, 1.165) is 11.3 Å². The quantitative estimate of drug-likeness (QED) is 0.541. The maximum Gasteiger partial charge on any atom is 0.251 e. The minimum atomic E-state index is -0.204. The normalized spacial score (nSPS) is 11.9. The van der Waals surface area contributed by atoms with Crippen LogP contribution in [0.5, 0.6) is 11.5 Å². The lowest BCUT2D eigenvalue weighted by molar-refractivity contribution is 0.0938. The van der Waals surface area contributed by atoms with Gasteiger partial charge in [-0.1, -0.05) is 29.8 Å². The van der Waals surface area contributed by atoms with Crippen LogP contribution in [0.1, 0.15) is 27.7 Å². The number of halogens is 1. The first kappa shape index (κ1) is 21.7. The molecule has 0 fully saturated rings. The van der Waals surface area contributed by atoms with Crippen LogP contribution in [0.25, 0.3) is 0 Å². The molecular weight excluding hydrogens is 404 g/mol. The summed E-state index contributed by atoms with van der Waals surface area (Å²) in [6, 6.07) is 16.2. The van der Waals surface area contributed by atoms with Gasteiger partial charge in [0, 0.05) is 22.7 Å². The van der Waals surface area contributed by atoms with Crippen LogP contribution in [-0.2, 0) is 6.61 Å². The van der Waals surface area contributed by atoms with Gasteiger partial charge in [0.1, 0.15) is 12.4 Å². The fraction of sp³-hybridized carbons (Fsp3) is 0.261. The molecule has 0 aliphatic heterocycles. The number of hydrogen-bond acceptors (Lipinski definition) is 5. The van der Waals surface area contributed by atoms with E-state index in [4.69, 9.17) is 25.5 Å². The summed E-state index contributed by atoms with van der Waals surface area (Å²) in [5.41, 5.74) is 1.35. The number of benzene rings is 2. The predicted molar refractivity (Wildman–Crippen MR) is 116 cm³/mol. The second kappa shape index (κ2) is 10.2. The molecule has 0 aliphatic rings. The molecule has 0 radical (unpaired) electrons. The third kappa shape index (κ3) is 5.34. The van der Waals surface area contributed by atoms with Gasteiger partial charge in [0.05, 0.1) is 19.4 Å². The third-order valence-electron chi connectivity index (χ3n) is 4.72. The Balaban J connectivity index is 1.66. The average Bonchev–Trinajstić information content (AvgIpc) is 3.27. The minimum Gasteiger partial charge on any atom is -0.493 e. The molecule has 0 bridgehead atoms. The van der Waals surface area contributed by atoms with Gasteiger partial charge in [0.15, 0.2) is 11.5 Å². The number of rotatable bonds is 9. The molecule has 1 unspecified atom stereocenters. The van der Waals surface area contributed by atoms with Gasteiger partial charge in [-0.15, -0.1) is 0 Å². The van der Waals surface area contributed by atoms with Crippen LogP contribution < -0.4 is 14.8 Å². The predicted octanol–water partition coefficient (Wildman–Crippen LogP) is 4.55. The summed E-state index contributed by atoms with van der Waals surface area (Å²) in [5, 5.41) is 3.59. The first-order valence-corrected chi connectivity index (χ1v) is 9.89. The number of methoxy groups -OCH3 is 1. The summed E-state index contributed by atoms with van der Waals surface area (Å²) in [5.74, 6) is 1.60. The van der Waals surface area contributed by atoms with Crippen molar-refractivity contribution in [2.75, 3.05) is 27.7 Å². The molecule has 0 spiro atoms. The van der Waals surface area contributed by atoms with Crippen LogP contribution in [0.2, 0.25) is 5.02 Å². The van der Waals surface area contributed by atoms with E-state index in [2.05, 4.69) is 5.32 Å². The number of furan rings is 1. The minimum absolute atomic E-state index is 0.0657. The van der Waals surface area contributed by atoms with E-state index in [9.17, 15) is 4.79 Å². The van der Waals surface area contributed by atoms with Crippen molar-refractivity contribution < 1.29 is 18.7 Å². The molecule has 0 saturated heterocycles. The van der Waals surface area contributed by atoms with Crippen LogP contribution in [0.4, 0.5) is 0 Å². The Kier molecular flexibility index (Phi) is 7.38. The highest BCUT2D eigenvalue weighted by atomic mass is 35.5. The topological polar surface area (TPSA) is 63.9 Å². The summed E-state index contributed by atoms with van der Waals surface area (Å²) in [4.78, 5) is 14.7. The molecule has 2 aromatic carbocycles. The number of ether oxygens (including phenoxy) is 2. The van der Waals surface area contributed by atoms with E-state index in [-0.39, 0.29) is 11.9 Å². The van der Waals surface area contributed by atoms with E-state index in [1.165, 1.54) is 0 Å². The lowest BCUT2D eigenvalue weighted by atomic mass is 10.1. The maximum atomic E-state index is 12.7. The van der Waals surface area contributed by atoms with Crippen molar-refractivity contribution in [2.45, 2.75) is 12.6 Å². The van der Waals surface area contributed by atoms with Gasteiger partial charge in [-0.3, -0.25) is 9.69 Å². The van der Waals surface area contributed by atoms with Crippen LogP contribution in [-0.4, -0.2) is 38.6 Å². The highest BCUT2D eigenvalue weighted by molar-refractivity contribution is 6.31. The Morgan fingerprint density at radius 1 is 1.13 bits per heavy atom. The van der Waals surface area contributed by atoms with E-state index in [1.807, 2.05) is 55.4 Å². The molecule has 3 aromatic rings. The lowest BCUT2D eigenvalue weighted by Gasteiger charge is -2.22. The molecule has 1 amide bonds. The van der Waals surface area contributed by atoms with Gasteiger partial charge in [0.2, 0.25) is 0 Å². The van der Waals surface area contributed by atoms with Gasteiger partial charge in [-0.05, 0) is 50.5 Å². The molecule has 1 aromatic heterocycles. The van der Waals surface area contributed by atoms with Crippen LogP contribution in [0.3, 0.4) is 0 Å². The molecule has 0 saturated carbocycles. The van der Waals surface area contributed by atoms with E-state index >= 15 is 0 Å². The molecule has 1 N–H and O–H groups in total. The maximum absolute atomic E-state index is 12.7. The van der Waals surface area contributed by atoms with Crippen molar-refractivity contribution in [1.29, 1.82) is 0 Å². The molecule has 1 atom stereocenters. The Morgan fingerprint density at radius 2 is 1.93 bits per heavy atom. The number of likely N-dealkylation sites (N-methyl/N-ethyl adjacent to an activating group) is 1. The Morgan fingerprint density at radius 3 is 2.60 bits per heavy atom. The fourth-order valence-electron chi connectivity index (χ4n) is 3.01. The zero-order valence-electron chi connectivity index (χ0n) is 17.2. The van der Waals surface area contributed by atoms with E-state index < -0.39 is 0 Å². The number of carbonyl (C=O) groups is 1. The Bertz CT molecular complexity index is 973. The average molecular weight is 429 g/mol. The largest absolute Gasteiger partial charge is 0.493 e. The zero-order chi connectivity index (χ0) is 21.5. The van der Waals surface area contributed by atoms with Gasteiger partial charge >= 0.3 is 0 Å². The van der Waals surface area contributed by atoms with Crippen LogP contribution >= 0.6 is 11.6 Å². The van der Waals surface area contributed by atoms with Gasteiger partial charge in [-0.25, -0.2) is 0 Å². The second-order valence-electron chi connectivity index (χ2n) is 6.95. The van der Waals surface area contributed by atoms with Gasteiger partial charge in [-0.2, -0.15) is 0 Å². The number of nitrogens with zero attached hydrogens (tertiary/aromatic N) is 1. The smallest absolute Gasteiger partial charge is 0.251 e. The molecular formula is C23H25ClN2O4. The van der Waals surface area contributed by atoms with E-state index in [1.54, 1.807) is 31.6 Å². The van der Waals surface area contributed by atoms with Crippen molar-refractivity contribution in [1.82, 2.24) is 10.2 Å². The summed E-state index contributed by atoms with van der Waals surface area (Å²) >= 11 is 6.18. The molecule has 7 heteroatoms. The molecule has 30 heavy (non-hydrogen) atoms. The van der Waals surface area contributed by atoms with Crippen molar-refractivity contribution in [2.24, 2.45) is 0 Å².